The van der Waals surface area contributed by atoms with Gasteiger partial charge in [0.1, 0.15) is 48.8 Å². The fraction of sp³-hybridized carbons (Fsp3) is 0.903. The lowest BCUT2D eigenvalue weighted by molar-refractivity contribution is -0.359. The molecule has 12 unspecified atom stereocenters. The van der Waals surface area contributed by atoms with E-state index in [-0.39, 0.29) is 18.9 Å². The van der Waals surface area contributed by atoms with Gasteiger partial charge in [0.25, 0.3) is 0 Å². The summed E-state index contributed by atoms with van der Waals surface area (Å²) in [5, 5.41) is 87.4. The lowest BCUT2D eigenvalue weighted by Crippen LogP contribution is -2.65. The first kappa shape index (κ1) is 80.3. The second kappa shape index (κ2) is 57.1. The zero-order chi connectivity index (χ0) is 62.3. The lowest BCUT2D eigenvalue weighted by atomic mass is 9.97. The van der Waals surface area contributed by atoms with Crippen LogP contribution in [0.2, 0.25) is 0 Å². The number of rotatable bonds is 60. The summed E-state index contributed by atoms with van der Waals surface area (Å²) in [6.07, 6.45) is 56.4. The number of ether oxygens (including phenoxy) is 4. The topological polar surface area (TPSA) is 228 Å². The van der Waals surface area contributed by atoms with E-state index in [2.05, 4.69) is 43.5 Å². The maximum atomic E-state index is 13.3. The number of carbonyl (C=O) groups is 1. The molecule has 2 saturated heterocycles. The Labute approximate surface area is 525 Å². The van der Waals surface area contributed by atoms with Crippen molar-refractivity contribution in [1.29, 1.82) is 0 Å². The van der Waals surface area contributed by atoms with Crippen molar-refractivity contribution in [3.63, 3.8) is 0 Å². The first-order valence-corrected chi connectivity index (χ1v) is 36.2. The van der Waals surface area contributed by atoms with E-state index in [1.807, 2.05) is 6.08 Å². The summed E-state index contributed by atoms with van der Waals surface area (Å²) >= 11 is 0. The first-order valence-electron chi connectivity index (χ1n) is 36.2. The molecule has 506 valence electrons. The summed E-state index contributed by atoms with van der Waals surface area (Å²) in [6.45, 7) is 2.83. The van der Waals surface area contributed by atoms with Gasteiger partial charge in [0.05, 0.1) is 32.0 Å². The Hall–Kier alpha value is -1.79. The van der Waals surface area contributed by atoms with Gasteiger partial charge in [-0.3, -0.25) is 4.79 Å². The second-order valence-corrected chi connectivity index (χ2v) is 25.7. The summed E-state index contributed by atoms with van der Waals surface area (Å²) in [5.74, 6) is -0.247. The number of aliphatic hydroxyl groups is 8. The van der Waals surface area contributed by atoms with Gasteiger partial charge in [-0.1, -0.05) is 307 Å². The number of hydrogen-bond donors (Lipinski definition) is 9. The van der Waals surface area contributed by atoms with Crippen LogP contribution in [-0.4, -0.2) is 140 Å². The monoisotopic (exact) mass is 1220 g/mol. The molecule has 9 N–H and O–H groups in total. The maximum Gasteiger partial charge on any atom is 0.220 e. The summed E-state index contributed by atoms with van der Waals surface area (Å²) in [6, 6.07) is -0.937. The number of hydrogen-bond acceptors (Lipinski definition) is 13. The van der Waals surface area contributed by atoms with Gasteiger partial charge in [-0.15, -0.1) is 0 Å². The van der Waals surface area contributed by atoms with Crippen LogP contribution in [0.1, 0.15) is 322 Å². The molecule has 1 amide bonds. The molecular formula is C72H135NO13. The average molecular weight is 1220 g/mol. The molecule has 2 aliphatic rings. The van der Waals surface area contributed by atoms with E-state index in [4.69, 9.17) is 18.9 Å². The van der Waals surface area contributed by atoms with Gasteiger partial charge in [0.2, 0.25) is 5.91 Å². The van der Waals surface area contributed by atoms with Crippen LogP contribution in [0.3, 0.4) is 0 Å². The van der Waals surface area contributed by atoms with Crippen molar-refractivity contribution in [1.82, 2.24) is 5.32 Å². The zero-order valence-corrected chi connectivity index (χ0v) is 55.1. The molecule has 0 bridgehead atoms. The standard InChI is InChI=1S/C72H135NO13/c1-3-5-7-9-11-13-15-17-19-21-23-25-27-28-29-30-31-32-33-34-35-37-39-41-43-45-47-49-51-53-55-61(76)60(59-83-71-69(82)67(80)70(63(58-75)85-71)86-72-68(81)66(79)65(78)62(57-74)84-72)73-64(77)56-54-52-50-48-46-44-42-40-38-36-26-24-22-20-18-16-14-12-10-8-6-4-2/h37,39,45,47,53,55,60-63,65-72,74-76,78-82H,3-36,38,40-44,46,48-52,54,56-59H2,1-2H3,(H,73,77)/b39-37+,47-45+,55-53+. The van der Waals surface area contributed by atoms with Gasteiger partial charge in [0, 0.05) is 6.42 Å². The van der Waals surface area contributed by atoms with Gasteiger partial charge < -0.3 is 65.1 Å². The van der Waals surface area contributed by atoms with Crippen molar-refractivity contribution >= 4 is 5.91 Å². The third-order valence-electron chi connectivity index (χ3n) is 17.8. The van der Waals surface area contributed by atoms with Crippen LogP contribution >= 0.6 is 0 Å². The number of carbonyl (C=O) groups excluding carboxylic acids is 1. The Morgan fingerprint density at radius 3 is 1.14 bits per heavy atom. The maximum absolute atomic E-state index is 13.3. The van der Waals surface area contributed by atoms with Crippen LogP contribution in [-0.2, 0) is 23.7 Å². The van der Waals surface area contributed by atoms with E-state index in [1.165, 1.54) is 244 Å². The predicted octanol–water partition coefficient (Wildman–Crippen LogP) is 14.9. The van der Waals surface area contributed by atoms with Crippen molar-refractivity contribution in [3.05, 3.63) is 36.5 Å². The highest BCUT2D eigenvalue weighted by Gasteiger charge is 2.51. The van der Waals surface area contributed by atoms with Gasteiger partial charge in [-0.25, -0.2) is 0 Å². The molecule has 0 radical (unpaired) electrons. The van der Waals surface area contributed by atoms with Crippen molar-refractivity contribution in [3.8, 4) is 0 Å². The highest BCUT2D eigenvalue weighted by atomic mass is 16.7. The Balaban J connectivity index is 1.69. The van der Waals surface area contributed by atoms with Crippen LogP contribution in [0.25, 0.3) is 0 Å². The summed E-state index contributed by atoms with van der Waals surface area (Å²) in [7, 11) is 0. The lowest BCUT2D eigenvalue weighted by Gasteiger charge is -2.46. The molecule has 0 aliphatic carbocycles. The van der Waals surface area contributed by atoms with E-state index in [1.54, 1.807) is 6.08 Å². The zero-order valence-electron chi connectivity index (χ0n) is 55.1. The molecule has 0 saturated carbocycles. The van der Waals surface area contributed by atoms with E-state index < -0.39 is 86.8 Å². The summed E-state index contributed by atoms with van der Waals surface area (Å²) in [4.78, 5) is 13.3. The highest BCUT2D eigenvalue weighted by molar-refractivity contribution is 5.76. The van der Waals surface area contributed by atoms with E-state index >= 15 is 0 Å². The van der Waals surface area contributed by atoms with Crippen molar-refractivity contribution in [2.45, 2.75) is 396 Å². The molecule has 0 aromatic rings. The van der Waals surface area contributed by atoms with E-state index in [0.717, 1.165) is 44.9 Å². The van der Waals surface area contributed by atoms with Gasteiger partial charge in [-0.05, 0) is 44.9 Å². The average Bonchev–Trinajstić information content (AvgIpc) is 2.54. The fourth-order valence-corrected chi connectivity index (χ4v) is 12.0. The third kappa shape index (κ3) is 40.8. The molecule has 0 aromatic heterocycles. The number of nitrogens with one attached hydrogen (secondary N) is 1. The Kier molecular flexibility index (Phi) is 53.4. The number of aliphatic hydroxyl groups excluding tert-OH is 8. The van der Waals surface area contributed by atoms with Gasteiger partial charge in [0.15, 0.2) is 12.6 Å². The molecule has 86 heavy (non-hydrogen) atoms. The quantitative estimate of drug-likeness (QED) is 0.0204. The summed E-state index contributed by atoms with van der Waals surface area (Å²) in [5.41, 5.74) is 0. The molecule has 2 aliphatic heterocycles. The smallest absolute Gasteiger partial charge is 0.220 e. The molecule has 0 spiro atoms. The molecule has 14 heteroatoms. The van der Waals surface area contributed by atoms with Crippen LogP contribution in [0, 0.1) is 0 Å². The normalized spacial score (nSPS) is 23.6. The minimum absolute atomic E-state index is 0.247. The van der Waals surface area contributed by atoms with Crippen LogP contribution in [0.4, 0.5) is 0 Å². The Morgan fingerprint density at radius 2 is 0.744 bits per heavy atom. The second-order valence-electron chi connectivity index (χ2n) is 25.7. The number of unbranched alkanes of at least 4 members (excludes halogenated alkanes) is 43. The first-order chi connectivity index (χ1) is 42.1. The minimum Gasteiger partial charge on any atom is -0.394 e. The van der Waals surface area contributed by atoms with Crippen LogP contribution in [0.15, 0.2) is 36.5 Å². The number of amides is 1. The molecule has 12 atom stereocenters. The molecule has 2 heterocycles. The summed E-state index contributed by atoms with van der Waals surface area (Å²) < 4.78 is 22.8. The molecule has 2 rings (SSSR count). The van der Waals surface area contributed by atoms with Crippen LogP contribution in [0.5, 0.6) is 0 Å². The van der Waals surface area contributed by atoms with Crippen molar-refractivity contribution < 1.29 is 64.6 Å². The Morgan fingerprint density at radius 1 is 0.407 bits per heavy atom. The Bertz CT molecular complexity index is 1580. The molecule has 2 fully saturated rings. The van der Waals surface area contributed by atoms with E-state index in [0.29, 0.717) is 12.8 Å². The fourth-order valence-electron chi connectivity index (χ4n) is 12.0. The van der Waals surface area contributed by atoms with Gasteiger partial charge in [-0.2, -0.15) is 0 Å². The van der Waals surface area contributed by atoms with Crippen molar-refractivity contribution in [2.24, 2.45) is 0 Å². The molecule has 0 aromatic carbocycles. The van der Waals surface area contributed by atoms with E-state index in [9.17, 15) is 45.6 Å². The SMILES string of the molecule is CCCCCCCCCCCCCCCCCCCCCC/C=C/CC/C=C/CC/C=C/C(O)C(COC1OC(CO)C(OC2OC(CO)C(O)C(O)C2O)C(O)C1O)NC(=O)CCCCCCCCCCCCCCCCCCCCCCCC. The van der Waals surface area contributed by atoms with Crippen molar-refractivity contribution in [2.75, 3.05) is 19.8 Å². The highest BCUT2D eigenvalue weighted by Crippen LogP contribution is 2.30. The predicted molar refractivity (Wildman–Crippen MR) is 351 cm³/mol. The third-order valence-corrected chi connectivity index (χ3v) is 17.8. The van der Waals surface area contributed by atoms with Crippen LogP contribution < -0.4 is 5.32 Å². The number of allylic oxidation sites excluding steroid dienone is 5. The molecule has 14 nitrogen and oxygen atoms in total. The minimum atomic E-state index is -1.79. The largest absolute Gasteiger partial charge is 0.394 e. The molecular weight excluding hydrogens is 1090 g/mol. The van der Waals surface area contributed by atoms with Gasteiger partial charge >= 0.3 is 0 Å².